The van der Waals surface area contributed by atoms with E-state index in [2.05, 4.69) is 68.3 Å². The summed E-state index contributed by atoms with van der Waals surface area (Å²) in [4.78, 5) is 13.1. The molecule has 0 aromatic heterocycles. The monoisotopic (exact) mass is 300 g/mol. The van der Waals surface area contributed by atoms with Gasteiger partial charge in [-0.2, -0.15) is 5.10 Å². The lowest BCUT2D eigenvalue weighted by Gasteiger charge is -2.46. The average Bonchev–Trinajstić information content (AvgIpc) is 2.37. The summed E-state index contributed by atoms with van der Waals surface area (Å²) < 4.78 is 0. The van der Waals surface area contributed by atoms with Crippen molar-refractivity contribution in [3.05, 3.63) is 35.4 Å². The number of carbonyl (C=O) groups is 1. The summed E-state index contributed by atoms with van der Waals surface area (Å²) >= 11 is 0. The molecule has 5 nitrogen and oxygen atoms in total. The van der Waals surface area contributed by atoms with E-state index >= 15 is 0 Å². The lowest BCUT2D eigenvalue weighted by Crippen LogP contribution is -2.49. The number of anilines is 1. The van der Waals surface area contributed by atoms with Gasteiger partial charge in [0, 0.05) is 17.3 Å². The van der Waals surface area contributed by atoms with Crippen LogP contribution in [-0.2, 0) is 0 Å². The maximum absolute atomic E-state index is 10.6. The summed E-state index contributed by atoms with van der Waals surface area (Å²) in [5.74, 6) is 0. The van der Waals surface area contributed by atoms with Gasteiger partial charge in [-0.05, 0) is 57.9 Å². The number of hydrazone groups is 1. The summed E-state index contributed by atoms with van der Waals surface area (Å²) in [5, 5.41) is 3.82. The van der Waals surface area contributed by atoms with E-state index < -0.39 is 6.03 Å². The Hall–Kier alpha value is -2.30. The maximum Gasteiger partial charge on any atom is 0.332 e. The number of urea groups is 1. The number of primary amides is 1. The summed E-state index contributed by atoms with van der Waals surface area (Å²) in [6.07, 6.45) is 3.88. The van der Waals surface area contributed by atoms with Gasteiger partial charge in [-0.15, -0.1) is 0 Å². The Morgan fingerprint density at radius 2 is 2.09 bits per heavy atom. The van der Waals surface area contributed by atoms with Gasteiger partial charge in [-0.1, -0.05) is 12.1 Å². The first-order chi connectivity index (χ1) is 10.2. The molecule has 1 aliphatic heterocycles. The van der Waals surface area contributed by atoms with Crippen LogP contribution in [0.1, 0.15) is 45.7 Å². The van der Waals surface area contributed by atoms with Crippen molar-refractivity contribution in [1.82, 2.24) is 5.43 Å². The Kier molecular flexibility index (Phi) is 4.26. The van der Waals surface area contributed by atoms with Gasteiger partial charge < -0.3 is 10.6 Å². The van der Waals surface area contributed by atoms with Gasteiger partial charge in [0.25, 0.3) is 0 Å². The van der Waals surface area contributed by atoms with E-state index in [4.69, 9.17) is 5.73 Å². The Morgan fingerprint density at radius 3 is 2.68 bits per heavy atom. The number of hydrogen-bond donors (Lipinski definition) is 2. The molecular weight excluding hydrogens is 276 g/mol. The molecule has 0 saturated heterocycles. The lowest BCUT2D eigenvalue weighted by molar-refractivity contribution is 0.249. The third-order valence-electron chi connectivity index (χ3n) is 3.80. The van der Waals surface area contributed by atoms with Crippen molar-refractivity contribution in [2.45, 2.75) is 46.2 Å². The van der Waals surface area contributed by atoms with Crippen molar-refractivity contribution < 1.29 is 4.79 Å². The Bertz CT molecular complexity index is 644. The SMILES string of the molecule is CC1=CC(C)(C)N(C(C)C)c2ccc(/C=N/NC(N)=O)cc21. The molecule has 3 N–H and O–H groups in total. The molecule has 0 aliphatic carbocycles. The summed E-state index contributed by atoms with van der Waals surface area (Å²) in [6.45, 7) is 11.0. The predicted molar refractivity (Wildman–Crippen MR) is 92.1 cm³/mol. The Balaban J connectivity index is 2.43. The van der Waals surface area contributed by atoms with E-state index in [1.54, 1.807) is 6.21 Å². The van der Waals surface area contributed by atoms with E-state index in [1.807, 2.05) is 6.07 Å². The summed E-state index contributed by atoms with van der Waals surface area (Å²) in [5.41, 5.74) is 11.8. The molecule has 2 amide bonds. The lowest BCUT2D eigenvalue weighted by atomic mass is 9.87. The predicted octanol–water partition coefficient (Wildman–Crippen LogP) is 3.10. The number of amides is 2. The molecule has 0 saturated carbocycles. The number of nitrogens with one attached hydrogen (secondary N) is 1. The van der Waals surface area contributed by atoms with Gasteiger partial charge in [0.15, 0.2) is 0 Å². The average molecular weight is 300 g/mol. The first-order valence-corrected chi connectivity index (χ1v) is 7.44. The molecule has 1 aliphatic rings. The largest absolute Gasteiger partial charge is 0.360 e. The zero-order valence-electron chi connectivity index (χ0n) is 13.8. The second-order valence-corrected chi connectivity index (χ2v) is 6.46. The number of carbonyl (C=O) groups excluding carboxylic acids is 1. The highest BCUT2D eigenvalue weighted by molar-refractivity contribution is 5.88. The zero-order chi connectivity index (χ0) is 16.5. The van der Waals surface area contributed by atoms with E-state index in [9.17, 15) is 4.79 Å². The molecule has 0 radical (unpaired) electrons. The van der Waals surface area contributed by atoms with Crippen molar-refractivity contribution >= 4 is 23.5 Å². The number of rotatable bonds is 3. The summed E-state index contributed by atoms with van der Waals surface area (Å²) in [6, 6.07) is 5.92. The van der Waals surface area contributed by atoms with Crippen LogP contribution in [0.4, 0.5) is 10.5 Å². The van der Waals surface area contributed by atoms with Gasteiger partial charge in [0.05, 0.1) is 11.8 Å². The second-order valence-electron chi connectivity index (χ2n) is 6.46. The first kappa shape index (κ1) is 16.1. The molecule has 1 aromatic rings. The number of nitrogens with zero attached hydrogens (tertiary/aromatic N) is 2. The fraction of sp³-hybridized carbons (Fsp3) is 0.412. The van der Waals surface area contributed by atoms with E-state index in [0.29, 0.717) is 6.04 Å². The van der Waals surface area contributed by atoms with Gasteiger partial charge in [0.1, 0.15) is 0 Å². The molecule has 0 atom stereocenters. The molecule has 0 spiro atoms. The standard InChI is InChI=1S/C17H24N4O/c1-11(2)21-15-7-6-13(10-19-20-16(18)22)8-14(15)12(3)9-17(21,4)5/h6-11H,1-5H3,(H3,18,20,22)/b19-10+. The van der Waals surface area contributed by atoms with Crippen LogP contribution in [0, 0.1) is 0 Å². The van der Waals surface area contributed by atoms with Crippen molar-refractivity contribution in [3.8, 4) is 0 Å². The Labute approximate surface area is 131 Å². The highest BCUT2D eigenvalue weighted by Gasteiger charge is 2.32. The molecular formula is C17H24N4O. The normalized spacial score (nSPS) is 16.6. The first-order valence-electron chi connectivity index (χ1n) is 7.44. The van der Waals surface area contributed by atoms with Crippen molar-refractivity contribution in [1.29, 1.82) is 0 Å². The van der Waals surface area contributed by atoms with Crippen LogP contribution in [0.2, 0.25) is 0 Å². The molecule has 22 heavy (non-hydrogen) atoms. The number of benzene rings is 1. The van der Waals surface area contributed by atoms with Crippen LogP contribution in [-0.4, -0.2) is 23.8 Å². The van der Waals surface area contributed by atoms with Crippen LogP contribution in [0.15, 0.2) is 29.4 Å². The third kappa shape index (κ3) is 3.13. The van der Waals surface area contributed by atoms with Gasteiger partial charge in [0.2, 0.25) is 0 Å². The minimum atomic E-state index is -0.669. The quantitative estimate of drug-likeness (QED) is 0.665. The number of nitrogens with two attached hydrogens (primary N) is 1. The highest BCUT2D eigenvalue weighted by Crippen LogP contribution is 2.40. The highest BCUT2D eigenvalue weighted by atomic mass is 16.2. The molecule has 1 heterocycles. The number of hydrogen-bond acceptors (Lipinski definition) is 3. The molecule has 1 aromatic carbocycles. The van der Waals surface area contributed by atoms with Gasteiger partial charge >= 0.3 is 6.03 Å². The van der Waals surface area contributed by atoms with Crippen LogP contribution in [0.3, 0.4) is 0 Å². The van der Waals surface area contributed by atoms with Crippen molar-refractivity contribution in [2.24, 2.45) is 10.8 Å². The third-order valence-corrected chi connectivity index (χ3v) is 3.80. The number of allylic oxidation sites excluding steroid dienone is 1. The molecule has 0 unspecified atom stereocenters. The van der Waals surface area contributed by atoms with E-state index in [-0.39, 0.29) is 5.54 Å². The molecule has 2 rings (SSSR count). The maximum atomic E-state index is 10.6. The van der Waals surface area contributed by atoms with Crippen molar-refractivity contribution in [3.63, 3.8) is 0 Å². The minimum Gasteiger partial charge on any atom is -0.360 e. The summed E-state index contributed by atoms with van der Waals surface area (Å²) in [7, 11) is 0. The van der Waals surface area contributed by atoms with E-state index in [0.717, 1.165) is 5.56 Å². The van der Waals surface area contributed by atoms with Crippen LogP contribution in [0.5, 0.6) is 0 Å². The van der Waals surface area contributed by atoms with E-state index in [1.165, 1.54) is 16.8 Å². The second kappa shape index (κ2) is 5.83. The minimum absolute atomic E-state index is 0.0195. The number of fused-ring (bicyclic) bond motifs is 1. The molecule has 0 fully saturated rings. The smallest absolute Gasteiger partial charge is 0.332 e. The van der Waals surface area contributed by atoms with Crippen LogP contribution in [0.25, 0.3) is 5.57 Å². The molecule has 118 valence electrons. The van der Waals surface area contributed by atoms with Crippen LogP contribution >= 0.6 is 0 Å². The fourth-order valence-corrected chi connectivity index (χ4v) is 3.26. The fourth-order valence-electron chi connectivity index (χ4n) is 3.26. The Morgan fingerprint density at radius 1 is 1.41 bits per heavy atom. The zero-order valence-corrected chi connectivity index (χ0v) is 13.8. The van der Waals surface area contributed by atoms with Gasteiger partial charge in [-0.25, -0.2) is 10.2 Å². The molecule has 0 bridgehead atoms. The van der Waals surface area contributed by atoms with Gasteiger partial charge in [-0.3, -0.25) is 0 Å². The molecule has 5 heteroatoms. The van der Waals surface area contributed by atoms with Crippen LogP contribution < -0.4 is 16.1 Å². The topological polar surface area (TPSA) is 70.7 Å². The van der Waals surface area contributed by atoms with Crippen molar-refractivity contribution in [2.75, 3.05) is 4.90 Å².